The third-order valence-electron chi connectivity index (χ3n) is 2.85. The average Bonchev–Trinajstić information content (AvgIpc) is 2.34. The lowest BCUT2D eigenvalue weighted by molar-refractivity contribution is 0.0338. The number of hydrogen-bond donors (Lipinski definition) is 1. The zero-order valence-electron chi connectivity index (χ0n) is 10.4. The first-order chi connectivity index (χ1) is 7.74. The molecule has 1 aromatic carbocycles. The monoisotopic (exact) mass is 221 g/mol. The van der Waals surface area contributed by atoms with E-state index in [0.29, 0.717) is 6.61 Å². The molecule has 0 saturated carbocycles. The van der Waals surface area contributed by atoms with Crippen molar-refractivity contribution in [1.82, 2.24) is 0 Å². The molecule has 90 valence electrons. The van der Waals surface area contributed by atoms with Gasteiger partial charge in [-0.1, -0.05) is 50.1 Å². The molecule has 0 heterocycles. The van der Waals surface area contributed by atoms with Crippen LogP contribution in [-0.2, 0) is 11.3 Å². The molecule has 1 aromatic rings. The second-order valence-corrected chi connectivity index (χ2v) is 4.31. The molecule has 0 radical (unpaired) electrons. The molecule has 2 atom stereocenters. The Morgan fingerprint density at radius 3 is 2.56 bits per heavy atom. The summed E-state index contributed by atoms with van der Waals surface area (Å²) in [5, 5.41) is 0. The predicted molar refractivity (Wildman–Crippen MR) is 68.2 cm³/mol. The van der Waals surface area contributed by atoms with E-state index in [1.165, 1.54) is 18.4 Å². The molecule has 0 amide bonds. The highest BCUT2D eigenvalue weighted by Crippen LogP contribution is 2.08. The van der Waals surface area contributed by atoms with Crippen molar-refractivity contribution < 1.29 is 4.74 Å². The molecule has 0 aliphatic heterocycles. The minimum atomic E-state index is 0.131. The molecule has 0 saturated heterocycles. The SMILES string of the molecule is CCCC[C@H](N)[C@H](C)OCc1ccccc1. The van der Waals surface area contributed by atoms with E-state index in [4.69, 9.17) is 10.5 Å². The first kappa shape index (κ1) is 13.2. The number of ether oxygens (including phenoxy) is 1. The lowest BCUT2D eigenvalue weighted by atomic mass is 10.1. The van der Waals surface area contributed by atoms with Gasteiger partial charge in [-0.2, -0.15) is 0 Å². The van der Waals surface area contributed by atoms with Crippen LogP contribution in [0.15, 0.2) is 30.3 Å². The summed E-state index contributed by atoms with van der Waals surface area (Å²) in [7, 11) is 0. The van der Waals surface area contributed by atoms with Gasteiger partial charge in [0.1, 0.15) is 0 Å². The highest BCUT2D eigenvalue weighted by molar-refractivity contribution is 5.13. The second-order valence-electron chi connectivity index (χ2n) is 4.31. The molecule has 0 bridgehead atoms. The van der Waals surface area contributed by atoms with Crippen LogP contribution in [0.4, 0.5) is 0 Å². The zero-order valence-corrected chi connectivity index (χ0v) is 10.4. The number of hydrogen-bond acceptors (Lipinski definition) is 2. The fourth-order valence-corrected chi connectivity index (χ4v) is 1.60. The van der Waals surface area contributed by atoms with Crippen molar-refractivity contribution in [3.63, 3.8) is 0 Å². The van der Waals surface area contributed by atoms with Crippen molar-refractivity contribution >= 4 is 0 Å². The summed E-state index contributed by atoms with van der Waals surface area (Å²) in [5.41, 5.74) is 7.25. The Labute approximate surface area is 98.8 Å². The molecule has 16 heavy (non-hydrogen) atoms. The van der Waals surface area contributed by atoms with Gasteiger partial charge in [-0.3, -0.25) is 0 Å². The van der Waals surface area contributed by atoms with Crippen molar-refractivity contribution in [3.05, 3.63) is 35.9 Å². The van der Waals surface area contributed by atoms with Crippen LogP contribution in [0, 0.1) is 0 Å². The van der Waals surface area contributed by atoms with Gasteiger partial charge >= 0.3 is 0 Å². The highest BCUT2D eigenvalue weighted by Gasteiger charge is 2.12. The summed E-state index contributed by atoms with van der Waals surface area (Å²) in [5.74, 6) is 0. The number of unbranched alkanes of at least 4 members (excludes halogenated alkanes) is 1. The van der Waals surface area contributed by atoms with Crippen LogP contribution >= 0.6 is 0 Å². The van der Waals surface area contributed by atoms with Gasteiger partial charge in [0.2, 0.25) is 0 Å². The molecule has 0 aliphatic carbocycles. The Morgan fingerprint density at radius 2 is 1.94 bits per heavy atom. The maximum atomic E-state index is 6.04. The van der Waals surface area contributed by atoms with E-state index in [9.17, 15) is 0 Å². The summed E-state index contributed by atoms with van der Waals surface area (Å²) < 4.78 is 5.76. The van der Waals surface area contributed by atoms with E-state index in [0.717, 1.165) is 6.42 Å². The van der Waals surface area contributed by atoms with E-state index >= 15 is 0 Å². The summed E-state index contributed by atoms with van der Waals surface area (Å²) in [6.45, 7) is 4.90. The fourth-order valence-electron chi connectivity index (χ4n) is 1.60. The average molecular weight is 221 g/mol. The predicted octanol–water partition coefficient (Wildman–Crippen LogP) is 3.11. The van der Waals surface area contributed by atoms with Gasteiger partial charge in [0.05, 0.1) is 12.7 Å². The normalized spacial score (nSPS) is 14.7. The summed E-state index contributed by atoms with van der Waals surface area (Å²) in [4.78, 5) is 0. The Bertz CT molecular complexity index is 273. The Hall–Kier alpha value is -0.860. The van der Waals surface area contributed by atoms with Crippen LogP contribution in [0.25, 0.3) is 0 Å². The van der Waals surface area contributed by atoms with Gasteiger partial charge in [0, 0.05) is 6.04 Å². The maximum Gasteiger partial charge on any atom is 0.0721 e. The highest BCUT2D eigenvalue weighted by atomic mass is 16.5. The summed E-state index contributed by atoms with van der Waals surface area (Å²) >= 11 is 0. The van der Waals surface area contributed by atoms with Crippen LogP contribution in [0.1, 0.15) is 38.7 Å². The van der Waals surface area contributed by atoms with Crippen LogP contribution in [0.3, 0.4) is 0 Å². The molecule has 2 heteroatoms. The third-order valence-corrected chi connectivity index (χ3v) is 2.85. The molecular formula is C14H23NO. The second kappa shape index (κ2) is 7.42. The van der Waals surface area contributed by atoms with Gasteiger partial charge in [0.25, 0.3) is 0 Å². The van der Waals surface area contributed by atoms with Gasteiger partial charge < -0.3 is 10.5 Å². The molecule has 0 aliphatic rings. The van der Waals surface area contributed by atoms with E-state index in [-0.39, 0.29) is 12.1 Å². The number of rotatable bonds is 7. The van der Waals surface area contributed by atoms with Crippen molar-refractivity contribution in [3.8, 4) is 0 Å². The van der Waals surface area contributed by atoms with Crippen LogP contribution in [0.2, 0.25) is 0 Å². The van der Waals surface area contributed by atoms with Crippen molar-refractivity contribution in [1.29, 1.82) is 0 Å². The van der Waals surface area contributed by atoms with Gasteiger partial charge in [-0.15, -0.1) is 0 Å². The zero-order chi connectivity index (χ0) is 11.8. The van der Waals surface area contributed by atoms with Crippen LogP contribution in [-0.4, -0.2) is 12.1 Å². The Kier molecular flexibility index (Phi) is 6.12. The lowest BCUT2D eigenvalue weighted by Crippen LogP contribution is -2.34. The fraction of sp³-hybridized carbons (Fsp3) is 0.571. The van der Waals surface area contributed by atoms with Crippen molar-refractivity contribution in [2.24, 2.45) is 5.73 Å². The lowest BCUT2D eigenvalue weighted by Gasteiger charge is -2.20. The Morgan fingerprint density at radius 1 is 1.25 bits per heavy atom. The topological polar surface area (TPSA) is 35.2 Å². The molecule has 0 aromatic heterocycles. The quantitative estimate of drug-likeness (QED) is 0.768. The standard InChI is InChI=1S/C14H23NO/c1-3-4-10-14(15)12(2)16-11-13-8-6-5-7-9-13/h5-9,12,14H,3-4,10-11,15H2,1-2H3/t12-,14-/m0/s1. The Balaban J connectivity index is 2.26. The number of nitrogens with two attached hydrogens (primary N) is 1. The van der Waals surface area contributed by atoms with Gasteiger partial charge in [-0.25, -0.2) is 0 Å². The molecule has 0 spiro atoms. The molecule has 2 N–H and O–H groups in total. The van der Waals surface area contributed by atoms with Gasteiger partial charge in [0.15, 0.2) is 0 Å². The molecular weight excluding hydrogens is 198 g/mol. The molecule has 2 nitrogen and oxygen atoms in total. The van der Waals surface area contributed by atoms with Gasteiger partial charge in [-0.05, 0) is 18.9 Å². The van der Waals surface area contributed by atoms with E-state index in [1.807, 2.05) is 18.2 Å². The third kappa shape index (κ3) is 4.77. The maximum absolute atomic E-state index is 6.04. The molecule has 0 unspecified atom stereocenters. The first-order valence-corrected chi connectivity index (χ1v) is 6.15. The smallest absolute Gasteiger partial charge is 0.0721 e. The van der Waals surface area contributed by atoms with Crippen molar-refractivity contribution in [2.45, 2.75) is 51.9 Å². The minimum absolute atomic E-state index is 0.131. The molecule has 0 fully saturated rings. The number of benzene rings is 1. The summed E-state index contributed by atoms with van der Waals surface area (Å²) in [6.07, 6.45) is 3.55. The van der Waals surface area contributed by atoms with E-state index in [1.54, 1.807) is 0 Å². The van der Waals surface area contributed by atoms with Crippen LogP contribution in [0.5, 0.6) is 0 Å². The van der Waals surface area contributed by atoms with E-state index < -0.39 is 0 Å². The van der Waals surface area contributed by atoms with Crippen LogP contribution < -0.4 is 5.73 Å². The molecule has 1 rings (SSSR count). The van der Waals surface area contributed by atoms with E-state index in [2.05, 4.69) is 26.0 Å². The van der Waals surface area contributed by atoms with Crippen molar-refractivity contribution in [2.75, 3.05) is 0 Å². The minimum Gasteiger partial charge on any atom is -0.372 e. The summed E-state index contributed by atoms with van der Waals surface area (Å²) in [6, 6.07) is 10.4. The first-order valence-electron chi connectivity index (χ1n) is 6.15. The largest absolute Gasteiger partial charge is 0.372 e.